The maximum absolute atomic E-state index is 14.2. The smallest absolute Gasteiger partial charge is 0.257 e. The first-order valence-electron chi connectivity index (χ1n) is 11.9. The summed E-state index contributed by atoms with van der Waals surface area (Å²) < 4.78 is 40.8. The summed E-state index contributed by atoms with van der Waals surface area (Å²) in [5, 5.41) is 0. The molecule has 0 spiro atoms. The first-order chi connectivity index (χ1) is 17.3. The van der Waals surface area contributed by atoms with Crippen LogP contribution in [0.4, 0.5) is 30.6 Å². The summed E-state index contributed by atoms with van der Waals surface area (Å²) in [6.07, 6.45) is 0.510. The van der Waals surface area contributed by atoms with Crippen LogP contribution in [-0.4, -0.2) is 67.6 Å². The Hall–Kier alpha value is -3.82. The van der Waals surface area contributed by atoms with E-state index in [-0.39, 0.29) is 17.9 Å². The molecule has 3 heterocycles. The fraction of sp³-hybridized carbons (Fsp3) is 0.346. The van der Waals surface area contributed by atoms with E-state index in [0.29, 0.717) is 24.7 Å². The zero-order valence-corrected chi connectivity index (χ0v) is 20.2. The van der Waals surface area contributed by atoms with Crippen LogP contribution < -0.4 is 14.7 Å². The molecule has 3 aromatic rings. The molecule has 1 amide bonds. The van der Waals surface area contributed by atoms with Crippen molar-refractivity contribution < 1.29 is 18.0 Å². The van der Waals surface area contributed by atoms with Gasteiger partial charge < -0.3 is 19.6 Å². The molecule has 10 heteroatoms. The number of rotatable bonds is 4. The second kappa shape index (κ2) is 9.67. The summed E-state index contributed by atoms with van der Waals surface area (Å²) >= 11 is 0. The van der Waals surface area contributed by atoms with Crippen molar-refractivity contribution in [1.82, 2.24) is 14.9 Å². The molecule has 7 nitrogen and oxygen atoms in total. The van der Waals surface area contributed by atoms with Crippen molar-refractivity contribution in [2.75, 3.05) is 61.5 Å². The molecule has 2 aliphatic heterocycles. The highest BCUT2D eigenvalue weighted by molar-refractivity contribution is 5.94. The highest BCUT2D eigenvalue weighted by Gasteiger charge is 2.30. The highest BCUT2D eigenvalue weighted by atomic mass is 19.1. The largest absolute Gasteiger partial charge is 0.368 e. The highest BCUT2D eigenvalue weighted by Crippen LogP contribution is 2.30. The molecule has 1 aromatic heterocycles. The van der Waals surface area contributed by atoms with Crippen molar-refractivity contribution in [2.45, 2.75) is 13.0 Å². The molecule has 0 bridgehead atoms. The van der Waals surface area contributed by atoms with Crippen molar-refractivity contribution in [3.63, 3.8) is 0 Å². The maximum atomic E-state index is 14.2. The lowest BCUT2D eigenvalue weighted by molar-refractivity contribution is 0.0729. The van der Waals surface area contributed by atoms with Gasteiger partial charge in [0.15, 0.2) is 0 Å². The van der Waals surface area contributed by atoms with Crippen LogP contribution >= 0.6 is 0 Å². The van der Waals surface area contributed by atoms with Crippen LogP contribution in [0, 0.1) is 17.5 Å². The van der Waals surface area contributed by atoms with E-state index in [1.54, 1.807) is 17.0 Å². The predicted molar refractivity (Wildman–Crippen MR) is 132 cm³/mol. The lowest BCUT2D eigenvalue weighted by Gasteiger charge is -2.37. The van der Waals surface area contributed by atoms with Crippen LogP contribution in [0.1, 0.15) is 21.6 Å². The number of anilines is 3. The number of hydrogen-bond acceptors (Lipinski definition) is 6. The number of carbonyl (C=O) groups is 1. The number of halogens is 3. The molecule has 36 heavy (non-hydrogen) atoms. The number of carbonyl (C=O) groups excluding carboxylic acids is 1. The number of fused-ring (bicyclic) bond motifs is 1. The normalized spacial score (nSPS) is 15.6. The van der Waals surface area contributed by atoms with Crippen molar-refractivity contribution >= 4 is 23.4 Å². The molecule has 1 saturated heterocycles. The third-order valence-electron chi connectivity index (χ3n) is 6.65. The molecule has 0 radical (unpaired) electrons. The van der Waals surface area contributed by atoms with Gasteiger partial charge in [0.2, 0.25) is 5.95 Å². The van der Waals surface area contributed by atoms with E-state index in [2.05, 4.69) is 9.80 Å². The third-order valence-corrected chi connectivity index (χ3v) is 6.65. The Morgan fingerprint density at radius 2 is 1.53 bits per heavy atom. The monoisotopic (exact) mass is 496 g/mol. The molecule has 5 rings (SSSR count). The minimum atomic E-state index is -0.870. The SMILES string of the molecule is CN(C)c1nc(N2CCN(c3ccc(F)cc3)CC2)nc2c1CN(C(=O)c1ccc(F)cc1F)CC2. The van der Waals surface area contributed by atoms with E-state index in [1.807, 2.05) is 19.0 Å². The first-order valence-corrected chi connectivity index (χ1v) is 11.9. The minimum Gasteiger partial charge on any atom is -0.368 e. The number of amides is 1. The number of nitrogens with zero attached hydrogens (tertiary/aromatic N) is 6. The van der Waals surface area contributed by atoms with Gasteiger partial charge in [-0.3, -0.25) is 4.79 Å². The summed E-state index contributed by atoms with van der Waals surface area (Å²) in [7, 11) is 3.78. The standard InChI is InChI=1S/C26H27F3N6O/c1-32(2)24-21-16-35(25(36)20-8-5-18(28)15-22(20)29)10-9-23(21)30-26(31-24)34-13-11-33(12-14-34)19-6-3-17(27)4-7-19/h3-8,15H,9-14,16H2,1-2H3. The fourth-order valence-corrected chi connectivity index (χ4v) is 4.72. The summed E-state index contributed by atoms with van der Waals surface area (Å²) in [5.74, 6) is -0.969. The van der Waals surface area contributed by atoms with Crippen LogP contribution in [0.25, 0.3) is 0 Å². The second-order valence-electron chi connectivity index (χ2n) is 9.22. The van der Waals surface area contributed by atoms with Crippen LogP contribution in [0.5, 0.6) is 0 Å². The van der Waals surface area contributed by atoms with Gasteiger partial charge in [-0.2, -0.15) is 4.98 Å². The third kappa shape index (κ3) is 4.67. The van der Waals surface area contributed by atoms with Gasteiger partial charge in [-0.25, -0.2) is 18.2 Å². The number of hydrogen-bond donors (Lipinski definition) is 0. The Balaban J connectivity index is 1.34. The summed E-state index contributed by atoms with van der Waals surface area (Å²) in [4.78, 5) is 30.4. The molecule has 0 N–H and O–H groups in total. The molecule has 0 atom stereocenters. The zero-order valence-electron chi connectivity index (χ0n) is 20.2. The molecular formula is C26H27F3N6O. The number of aromatic nitrogens is 2. The van der Waals surface area contributed by atoms with Crippen LogP contribution in [0.15, 0.2) is 42.5 Å². The Morgan fingerprint density at radius 1 is 0.861 bits per heavy atom. The molecule has 0 aliphatic carbocycles. The average molecular weight is 497 g/mol. The van der Waals surface area contributed by atoms with E-state index in [4.69, 9.17) is 9.97 Å². The lowest BCUT2D eigenvalue weighted by atomic mass is 10.0. The molecule has 0 unspecified atom stereocenters. The van der Waals surface area contributed by atoms with E-state index < -0.39 is 17.5 Å². The molecule has 2 aromatic carbocycles. The van der Waals surface area contributed by atoms with Gasteiger partial charge in [0, 0.05) is 70.6 Å². The van der Waals surface area contributed by atoms with Gasteiger partial charge in [-0.1, -0.05) is 0 Å². The van der Waals surface area contributed by atoms with Crippen molar-refractivity contribution in [3.8, 4) is 0 Å². The lowest BCUT2D eigenvalue weighted by Crippen LogP contribution is -2.47. The van der Waals surface area contributed by atoms with Gasteiger partial charge >= 0.3 is 0 Å². The number of piperazine rings is 1. The maximum Gasteiger partial charge on any atom is 0.257 e. The van der Waals surface area contributed by atoms with Crippen LogP contribution in [0.3, 0.4) is 0 Å². The van der Waals surface area contributed by atoms with Crippen molar-refractivity contribution in [1.29, 1.82) is 0 Å². The molecular weight excluding hydrogens is 469 g/mol. The molecule has 1 fully saturated rings. The van der Waals surface area contributed by atoms with E-state index >= 15 is 0 Å². The van der Waals surface area contributed by atoms with E-state index in [0.717, 1.165) is 55.3 Å². The fourth-order valence-electron chi connectivity index (χ4n) is 4.72. The average Bonchev–Trinajstić information content (AvgIpc) is 2.88. The Labute approximate surface area is 207 Å². The Kier molecular flexibility index (Phi) is 6.42. The van der Waals surface area contributed by atoms with E-state index in [9.17, 15) is 18.0 Å². The first kappa shape index (κ1) is 23.9. The van der Waals surface area contributed by atoms with E-state index in [1.165, 1.54) is 18.2 Å². The van der Waals surface area contributed by atoms with Gasteiger partial charge in [-0.15, -0.1) is 0 Å². The van der Waals surface area contributed by atoms with Crippen molar-refractivity contribution in [2.24, 2.45) is 0 Å². The van der Waals surface area contributed by atoms with Gasteiger partial charge in [0.05, 0.1) is 17.8 Å². The van der Waals surface area contributed by atoms with Crippen LogP contribution in [-0.2, 0) is 13.0 Å². The number of benzene rings is 2. The minimum absolute atomic E-state index is 0.150. The summed E-state index contributed by atoms with van der Waals surface area (Å²) in [6, 6.07) is 9.50. The molecule has 2 aliphatic rings. The summed E-state index contributed by atoms with van der Waals surface area (Å²) in [5.41, 5.74) is 2.53. The van der Waals surface area contributed by atoms with Gasteiger partial charge in [-0.05, 0) is 36.4 Å². The molecule has 0 saturated carbocycles. The predicted octanol–water partition coefficient (Wildman–Crippen LogP) is 3.49. The molecule has 188 valence electrons. The Morgan fingerprint density at radius 3 is 2.19 bits per heavy atom. The van der Waals surface area contributed by atoms with Crippen molar-refractivity contribution in [3.05, 3.63) is 76.7 Å². The topological polar surface area (TPSA) is 55.8 Å². The summed E-state index contributed by atoms with van der Waals surface area (Å²) in [6.45, 7) is 3.58. The van der Waals surface area contributed by atoms with Crippen LogP contribution in [0.2, 0.25) is 0 Å². The quantitative estimate of drug-likeness (QED) is 0.552. The van der Waals surface area contributed by atoms with Gasteiger partial charge in [0.25, 0.3) is 5.91 Å². The second-order valence-corrected chi connectivity index (χ2v) is 9.22. The Bertz CT molecular complexity index is 1280. The zero-order chi connectivity index (χ0) is 25.4. The van der Waals surface area contributed by atoms with Gasteiger partial charge in [0.1, 0.15) is 23.3 Å².